The molecular weight excluding hydrogens is 374 g/mol. The highest BCUT2D eigenvalue weighted by Crippen LogP contribution is 2.47. The monoisotopic (exact) mass is 395 g/mol. The maximum atomic E-state index is 11.6. The average Bonchev–Trinajstić information content (AvgIpc) is 2.90. The molecule has 2 aromatic carbocycles. The summed E-state index contributed by atoms with van der Waals surface area (Å²) in [5, 5.41) is 11.3. The summed E-state index contributed by atoms with van der Waals surface area (Å²) in [6, 6.07) is 11.4. The van der Waals surface area contributed by atoms with Gasteiger partial charge in [0.15, 0.2) is 0 Å². The van der Waals surface area contributed by atoms with E-state index in [2.05, 4.69) is 4.57 Å². The van der Waals surface area contributed by atoms with E-state index in [1.807, 2.05) is 30.3 Å². The zero-order valence-corrected chi connectivity index (χ0v) is 16.3. The van der Waals surface area contributed by atoms with Crippen molar-refractivity contribution in [1.29, 1.82) is 0 Å². The molecule has 0 radical (unpaired) electrons. The number of ether oxygens (including phenoxy) is 1. The molecule has 4 nitrogen and oxygen atoms in total. The first-order valence-electron chi connectivity index (χ1n) is 9.95. The maximum Gasteiger partial charge on any atom is 0.335 e. The van der Waals surface area contributed by atoms with Gasteiger partial charge in [0, 0.05) is 21.5 Å². The zero-order chi connectivity index (χ0) is 19.3. The van der Waals surface area contributed by atoms with E-state index in [1.165, 1.54) is 48.7 Å². The predicted molar refractivity (Wildman–Crippen MR) is 111 cm³/mol. The van der Waals surface area contributed by atoms with E-state index < -0.39 is 5.97 Å². The number of rotatable bonds is 2. The van der Waals surface area contributed by atoms with Crippen molar-refractivity contribution in [3.05, 3.63) is 52.5 Å². The van der Waals surface area contributed by atoms with E-state index >= 15 is 0 Å². The van der Waals surface area contributed by atoms with Gasteiger partial charge in [0.05, 0.1) is 17.8 Å². The van der Waals surface area contributed by atoms with E-state index in [1.54, 1.807) is 6.07 Å². The molecule has 1 fully saturated rings. The fourth-order valence-electron chi connectivity index (χ4n) is 4.89. The van der Waals surface area contributed by atoms with Crippen molar-refractivity contribution in [2.45, 2.75) is 44.6 Å². The molecule has 1 aliphatic carbocycles. The number of nitrogens with zero attached hydrogens (tertiary/aromatic N) is 1. The number of hydrogen-bond acceptors (Lipinski definition) is 2. The highest BCUT2D eigenvalue weighted by molar-refractivity contribution is 6.30. The van der Waals surface area contributed by atoms with Gasteiger partial charge in [0.25, 0.3) is 0 Å². The second-order valence-electron chi connectivity index (χ2n) is 7.77. The molecular formula is C23H22ClNO3. The van der Waals surface area contributed by atoms with Crippen LogP contribution < -0.4 is 4.74 Å². The first-order chi connectivity index (χ1) is 13.6. The Morgan fingerprint density at radius 2 is 1.93 bits per heavy atom. The molecule has 28 heavy (non-hydrogen) atoms. The minimum Gasteiger partial charge on any atom is -0.491 e. The van der Waals surface area contributed by atoms with Crippen molar-refractivity contribution in [1.82, 2.24) is 4.57 Å². The fourth-order valence-corrected chi connectivity index (χ4v) is 5.06. The number of hydrogen-bond donors (Lipinski definition) is 1. The van der Waals surface area contributed by atoms with Crippen molar-refractivity contribution in [2.24, 2.45) is 0 Å². The van der Waals surface area contributed by atoms with Crippen LogP contribution in [-0.2, 0) is 6.54 Å². The molecule has 1 aliphatic heterocycles. The molecule has 5 heteroatoms. The Hall–Kier alpha value is -2.46. The third-order valence-electron chi connectivity index (χ3n) is 6.14. The smallest absolute Gasteiger partial charge is 0.335 e. The highest BCUT2D eigenvalue weighted by Gasteiger charge is 2.29. The topological polar surface area (TPSA) is 51.5 Å². The molecule has 0 unspecified atom stereocenters. The Morgan fingerprint density at radius 3 is 2.71 bits per heavy atom. The van der Waals surface area contributed by atoms with E-state index in [0.717, 1.165) is 16.8 Å². The lowest BCUT2D eigenvalue weighted by atomic mass is 9.81. The second-order valence-corrected chi connectivity index (χ2v) is 8.21. The maximum absolute atomic E-state index is 11.6. The summed E-state index contributed by atoms with van der Waals surface area (Å²) in [6.07, 6.45) is 6.14. The number of carbonyl (C=O) groups is 1. The van der Waals surface area contributed by atoms with E-state index in [0.29, 0.717) is 29.7 Å². The van der Waals surface area contributed by atoms with Gasteiger partial charge in [0.1, 0.15) is 12.4 Å². The van der Waals surface area contributed by atoms with Crippen LogP contribution in [0.1, 0.15) is 53.9 Å². The molecule has 0 saturated heterocycles. The van der Waals surface area contributed by atoms with Crippen LogP contribution in [0.3, 0.4) is 0 Å². The first-order valence-corrected chi connectivity index (χ1v) is 10.3. The third-order valence-corrected chi connectivity index (χ3v) is 6.37. The zero-order valence-electron chi connectivity index (χ0n) is 15.6. The molecule has 144 valence electrons. The number of aromatic carboxylic acids is 1. The van der Waals surface area contributed by atoms with Crippen LogP contribution in [0.2, 0.25) is 5.02 Å². The minimum atomic E-state index is -0.895. The van der Waals surface area contributed by atoms with Gasteiger partial charge in [-0.2, -0.15) is 0 Å². The number of carboxylic acid groups (broad SMARTS) is 1. The normalized spacial score (nSPS) is 16.9. The number of carboxylic acids is 1. The van der Waals surface area contributed by atoms with Crippen molar-refractivity contribution in [3.63, 3.8) is 0 Å². The lowest BCUT2D eigenvalue weighted by Crippen LogP contribution is -2.07. The number of fused-ring (bicyclic) bond motifs is 5. The van der Waals surface area contributed by atoms with E-state index in [-0.39, 0.29) is 0 Å². The third kappa shape index (κ3) is 2.78. The van der Waals surface area contributed by atoms with Crippen LogP contribution >= 0.6 is 11.6 Å². The number of benzene rings is 2. The first kappa shape index (κ1) is 17.6. The van der Waals surface area contributed by atoms with Crippen LogP contribution in [0.25, 0.3) is 22.2 Å². The fraction of sp³-hybridized carbons (Fsp3) is 0.348. The summed E-state index contributed by atoms with van der Waals surface area (Å²) < 4.78 is 8.27. The summed E-state index contributed by atoms with van der Waals surface area (Å²) in [5.41, 5.74) is 4.89. The summed E-state index contributed by atoms with van der Waals surface area (Å²) in [7, 11) is 0. The molecule has 1 saturated carbocycles. The Kier molecular flexibility index (Phi) is 4.31. The van der Waals surface area contributed by atoms with Crippen LogP contribution in [0.15, 0.2) is 36.4 Å². The Morgan fingerprint density at radius 1 is 1.11 bits per heavy atom. The van der Waals surface area contributed by atoms with Crippen molar-refractivity contribution in [3.8, 4) is 17.0 Å². The van der Waals surface area contributed by atoms with Gasteiger partial charge in [-0.1, -0.05) is 36.9 Å². The summed E-state index contributed by atoms with van der Waals surface area (Å²) in [6.45, 7) is 1.22. The second kappa shape index (κ2) is 6.85. The molecule has 2 heterocycles. The molecule has 0 spiro atoms. The molecule has 1 N–H and O–H groups in total. The molecule has 0 bridgehead atoms. The van der Waals surface area contributed by atoms with Crippen molar-refractivity contribution >= 4 is 28.5 Å². The van der Waals surface area contributed by atoms with Crippen LogP contribution in [0.4, 0.5) is 0 Å². The predicted octanol–water partition coefficient (Wildman–Crippen LogP) is 6.10. The van der Waals surface area contributed by atoms with Gasteiger partial charge >= 0.3 is 5.97 Å². The number of halogens is 1. The van der Waals surface area contributed by atoms with Crippen molar-refractivity contribution < 1.29 is 14.6 Å². The standard InChI is InChI=1S/C23H22ClNO3/c24-16-7-9-18-20(13-16)28-11-10-25-19-12-15(23(26)27)6-8-17(19)21(22(18)25)14-4-2-1-3-5-14/h6-9,12-14H,1-5,10-11H2,(H,26,27). The van der Waals surface area contributed by atoms with Gasteiger partial charge in [-0.15, -0.1) is 0 Å². The summed E-state index contributed by atoms with van der Waals surface area (Å²) in [5.74, 6) is 0.406. The van der Waals surface area contributed by atoms with Gasteiger partial charge in [0.2, 0.25) is 0 Å². The van der Waals surface area contributed by atoms with Crippen LogP contribution in [-0.4, -0.2) is 22.2 Å². The molecule has 5 rings (SSSR count). The molecule has 0 amide bonds. The minimum absolute atomic E-state index is 0.324. The largest absolute Gasteiger partial charge is 0.491 e. The van der Waals surface area contributed by atoms with Gasteiger partial charge in [-0.3, -0.25) is 0 Å². The number of aromatic nitrogens is 1. The van der Waals surface area contributed by atoms with E-state index in [4.69, 9.17) is 16.3 Å². The molecule has 0 atom stereocenters. The Balaban J connectivity index is 1.84. The highest BCUT2D eigenvalue weighted by atomic mass is 35.5. The van der Waals surface area contributed by atoms with Crippen LogP contribution in [0.5, 0.6) is 5.75 Å². The Bertz CT molecular complexity index is 1080. The van der Waals surface area contributed by atoms with Gasteiger partial charge in [-0.05, 0) is 54.7 Å². The average molecular weight is 396 g/mol. The summed E-state index contributed by atoms with van der Waals surface area (Å²) in [4.78, 5) is 11.6. The Labute approximate surface area is 168 Å². The molecule has 2 aliphatic rings. The molecule has 1 aromatic heterocycles. The lowest BCUT2D eigenvalue weighted by Gasteiger charge is -2.23. The lowest BCUT2D eigenvalue weighted by molar-refractivity contribution is 0.0697. The summed E-state index contributed by atoms with van der Waals surface area (Å²) >= 11 is 6.23. The quantitative estimate of drug-likeness (QED) is 0.570. The van der Waals surface area contributed by atoms with E-state index in [9.17, 15) is 9.90 Å². The molecule has 3 aromatic rings. The van der Waals surface area contributed by atoms with Gasteiger partial charge < -0.3 is 14.4 Å². The van der Waals surface area contributed by atoms with Crippen LogP contribution in [0, 0.1) is 0 Å². The van der Waals surface area contributed by atoms with Crippen molar-refractivity contribution in [2.75, 3.05) is 6.61 Å². The SMILES string of the molecule is O=C(O)c1ccc2c(C3CCCCC3)c3n(c2c1)CCOc1cc(Cl)ccc1-3. The van der Waals surface area contributed by atoms with Gasteiger partial charge in [-0.25, -0.2) is 4.79 Å².